The number of carbonyl (C=O) groups is 1. The minimum Gasteiger partial charge on any atom is -0.390 e. The van der Waals surface area contributed by atoms with Crippen molar-refractivity contribution in [2.24, 2.45) is 0 Å². The Bertz CT molecular complexity index is 1560. The van der Waals surface area contributed by atoms with Gasteiger partial charge < -0.3 is 15.7 Å². The summed E-state index contributed by atoms with van der Waals surface area (Å²) in [7, 11) is -3.06. The van der Waals surface area contributed by atoms with Crippen LogP contribution in [0.1, 0.15) is 82.6 Å². The summed E-state index contributed by atoms with van der Waals surface area (Å²) >= 11 is 0. The molecular weight excluding hydrogens is 708 g/mol. The van der Waals surface area contributed by atoms with Gasteiger partial charge in [0.05, 0.1) is 34.7 Å². The van der Waals surface area contributed by atoms with Crippen LogP contribution < -0.4 is 14.9 Å². The maximum absolute atomic E-state index is 13.9. The number of anilines is 1. The number of rotatable bonds is 11. The lowest BCUT2D eigenvalue weighted by atomic mass is 9.94. The van der Waals surface area contributed by atoms with Crippen LogP contribution in [-0.2, 0) is 25.3 Å². The first-order valence-corrected chi connectivity index (χ1v) is 18.0. The van der Waals surface area contributed by atoms with Crippen LogP contribution in [0.2, 0.25) is 0 Å². The van der Waals surface area contributed by atoms with Crippen LogP contribution in [-0.4, -0.2) is 51.1 Å². The molecule has 7 nitrogen and oxygen atoms in total. The van der Waals surface area contributed by atoms with Crippen molar-refractivity contribution in [1.29, 1.82) is 0 Å². The first-order valence-electron chi connectivity index (χ1n) is 16.3. The second-order valence-electron chi connectivity index (χ2n) is 12.8. The first-order chi connectivity index (χ1) is 23.1. The zero-order valence-corrected chi connectivity index (χ0v) is 28.8. The highest BCUT2D eigenvalue weighted by Gasteiger charge is 2.37. The van der Waals surface area contributed by atoms with Gasteiger partial charge in [0.2, 0.25) is 0 Å². The Labute approximate surface area is 295 Å². The Balaban J connectivity index is 0.00000562. The number of aliphatic hydroxyl groups is 1. The number of nitrogens with zero attached hydrogens (tertiary/aromatic N) is 1. The molecule has 5 rings (SSSR count). The predicted octanol–water partition coefficient (Wildman–Crippen LogP) is 8.56. The molecule has 1 amide bonds. The molecule has 50 heavy (non-hydrogen) atoms. The van der Waals surface area contributed by atoms with E-state index in [-0.39, 0.29) is 54.2 Å². The summed E-state index contributed by atoms with van der Waals surface area (Å²) in [5.74, 6) is -0.0672. The summed E-state index contributed by atoms with van der Waals surface area (Å²) in [6, 6.07) is 14.7. The van der Waals surface area contributed by atoms with E-state index in [0.717, 1.165) is 43.2 Å². The molecule has 1 heterocycles. The third kappa shape index (κ3) is 10.3. The van der Waals surface area contributed by atoms with Crippen LogP contribution in [0.25, 0.3) is 0 Å². The smallest absolute Gasteiger partial charge is 0.390 e. The van der Waals surface area contributed by atoms with Gasteiger partial charge in [0.15, 0.2) is 0 Å². The third-order valence-electron chi connectivity index (χ3n) is 9.11. The molecule has 2 fully saturated rings. The number of benzene rings is 3. The molecule has 3 aromatic rings. The lowest BCUT2D eigenvalue weighted by Gasteiger charge is -2.47. The van der Waals surface area contributed by atoms with Gasteiger partial charge in [-0.3, -0.25) is 18.2 Å². The number of halogens is 7. The van der Waals surface area contributed by atoms with E-state index in [0.29, 0.717) is 30.8 Å². The monoisotopic (exact) mass is 749 g/mol. The molecular formula is C35H42ClF6N3O4S. The Kier molecular flexibility index (Phi) is 13.2. The number of hydrogen-bond donors (Lipinski definition) is 5. The predicted molar refractivity (Wildman–Crippen MR) is 185 cm³/mol. The van der Waals surface area contributed by atoms with Crippen molar-refractivity contribution in [1.82, 2.24) is 10.6 Å². The largest absolute Gasteiger partial charge is 0.416 e. The molecule has 1 saturated carbocycles. The van der Waals surface area contributed by atoms with Gasteiger partial charge in [-0.25, -0.2) is 0 Å². The van der Waals surface area contributed by atoms with Crippen LogP contribution >= 0.6 is 23.2 Å². The van der Waals surface area contributed by atoms with E-state index >= 15 is 0 Å². The number of nitrogens with one attached hydrogen (secondary N) is 2. The molecule has 1 aliphatic carbocycles. The molecule has 2 atom stereocenters. The van der Waals surface area contributed by atoms with Crippen molar-refractivity contribution in [3.8, 4) is 0 Å². The molecule has 0 spiro atoms. The van der Waals surface area contributed by atoms with E-state index < -0.39 is 58.9 Å². The van der Waals surface area contributed by atoms with E-state index in [1.54, 1.807) is 46.8 Å². The van der Waals surface area contributed by atoms with Gasteiger partial charge in [0.1, 0.15) is 0 Å². The van der Waals surface area contributed by atoms with Gasteiger partial charge in [0.25, 0.3) is 5.91 Å². The van der Waals surface area contributed by atoms with Gasteiger partial charge in [-0.1, -0.05) is 43.2 Å². The van der Waals surface area contributed by atoms with Crippen molar-refractivity contribution in [2.75, 3.05) is 23.1 Å². The number of alkyl halides is 6. The zero-order valence-electron chi connectivity index (χ0n) is 27.1. The van der Waals surface area contributed by atoms with E-state index in [9.17, 15) is 45.3 Å². The molecule has 1 saturated heterocycles. The second-order valence-corrected chi connectivity index (χ2v) is 14.9. The summed E-state index contributed by atoms with van der Waals surface area (Å²) in [4.78, 5) is 13.9. The molecule has 2 aliphatic rings. The van der Waals surface area contributed by atoms with Crippen molar-refractivity contribution < 1.29 is 45.3 Å². The van der Waals surface area contributed by atoms with Crippen LogP contribution in [0.4, 0.5) is 32.0 Å². The minimum atomic E-state index is -4.99. The Morgan fingerprint density at radius 3 is 2.10 bits per heavy atom. The van der Waals surface area contributed by atoms with Crippen LogP contribution in [0.5, 0.6) is 0 Å². The molecule has 5 N–H and O–H groups in total. The average molecular weight is 750 g/mol. The van der Waals surface area contributed by atoms with E-state index in [2.05, 4.69) is 10.6 Å². The number of aliphatic hydroxyl groups excluding tert-OH is 1. The summed E-state index contributed by atoms with van der Waals surface area (Å²) in [6.45, 7) is -0.225. The van der Waals surface area contributed by atoms with E-state index in [1.807, 2.05) is 6.07 Å². The molecule has 0 radical (unpaired) electrons. The molecule has 0 unspecified atom stereocenters. The highest BCUT2D eigenvalue weighted by atomic mass is 35.5. The summed E-state index contributed by atoms with van der Waals surface area (Å²) in [5.41, 5.74) is -0.614. The highest BCUT2D eigenvalue weighted by Crippen LogP contribution is 2.50. The van der Waals surface area contributed by atoms with E-state index in [4.69, 9.17) is 0 Å². The fourth-order valence-corrected chi connectivity index (χ4v) is 8.22. The van der Waals surface area contributed by atoms with E-state index in [1.165, 1.54) is 0 Å². The van der Waals surface area contributed by atoms with Crippen LogP contribution in [0.3, 0.4) is 0 Å². The van der Waals surface area contributed by atoms with Crippen molar-refractivity contribution >= 4 is 34.8 Å². The van der Waals surface area contributed by atoms with Crippen molar-refractivity contribution in [3.63, 3.8) is 0 Å². The fourth-order valence-electron chi connectivity index (χ4n) is 6.54. The van der Waals surface area contributed by atoms with Crippen molar-refractivity contribution in [2.45, 2.75) is 81.9 Å². The Morgan fingerprint density at radius 2 is 1.50 bits per heavy atom. The second kappa shape index (κ2) is 16.6. The van der Waals surface area contributed by atoms with Gasteiger partial charge >= 0.3 is 12.4 Å². The number of hydrogen-bond acceptors (Lipinski definition) is 6. The molecule has 3 aromatic carbocycles. The highest BCUT2D eigenvalue weighted by molar-refractivity contribution is 8.25. The normalized spacial score (nSPS) is 18.6. The topological polar surface area (TPSA) is 105 Å². The fraction of sp³-hybridized carbons (Fsp3) is 0.457. The number of amides is 1. The molecule has 15 heteroatoms. The lowest BCUT2D eigenvalue weighted by Crippen LogP contribution is -2.48. The minimum absolute atomic E-state index is 0. The van der Waals surface area contributed by atoms with Crippen LogP contribution in [0, 0.1) is 0 Å². The molecule has 276 valence electrons. The maximum Gasteiger partial charge on any atom is 0.416 e. The molecule has 0 bridgehead atoms. The average Bonchev–Trinajstić information content (AvgIpc) is 3.59. The lowest BCUT2D eigenvalue weighted by molar-refractivity contribution is -0.143. The van der Waals surface area contributed by atoms with Crippen molar-refractivity contribution in [3.05, 3.63) is 100 Å². The summed E-state index contributed by atoms with van der Waals surface area (Å²) < 4.78 is 103. The maximum atomic E-state index is 13.9. The third-order valence-corrected chi connectivity index (χ3v) is 11.0. The van der Waals surface area contributed by atoms with Gasteiger partial charge in [-0.05, 0) is 91.1 Å². The first kappa shape index (κ1) is 39.8. The molecule has 0 aromatic heterocycles. The quantitative estimate of drug-likeness (QED) is 0.126. The Hall–Kier alpha value is -3.01. The Morgan fingerprint density at radius 1 is 0.860 bits per heavy atom. The molecule has 1 aliphatic heterocycles. The zero-order chi connectivity index (χ0) is 35.4. The standard InChI is InChI=1S/C35H41F6N3O4S.ClH/c36-34(37,38)28-14-24(15-29(20-28)35(39,40)41)21-42-22-32(45)31(16-23-8-2-1-3-9-23)43-33(46)27-17-26(25-10-4-5-11-25)18-30(19-27)44-12-6-7-13-49(44,47)48;/h1-3,8-9,14-15,17-20,25,31-32,42,45,47-48H,4-7,10-13,16,21-22H2,(H,43,46);1H/t31-,32+;/m0./s1. The summed E-state index contributed by atoms with van der Waals surface area (Å²) in [5, 5.41) is 16.9. The summed E-state index contributed by atoms with van der Waals surface area (Å²) in [6.07, 6.45) is -5.66. The van der Waals surface area contributed by atoms with Crippen LogP contribution in [0.15, 0.2) is 66.7 Å². The van der Waals surface area contributed by atoms with Gasteiger partial charge in [-0.15, -0.1) is 23.2 Å². The van der Waals surface area contributed by atoms with Gasteiger partial charge in [0, 0.05) is 25.2 Å². The van der Waals surface area contributed by atoms with Gasteiger partial charge in [-0.2, -0.15) is 26.3 Å². The SMILES string of the molecule is Cl.O=C(N[C@@H](Cc1ccccc1)[C@H](O)CNCc1cc(C(F)(F)F)cc(C(F)(F)F)c1)c1cc(C2CCCC2)cc(N2CCCCS2(O)O)c1. The number of carbonyl (C=O) groups excluding carboxylic acids is 1.